The largest absolute Gasteiger partial charge is 0.338 e. The van der Waals surface area contributed by atoms with Crippen LogP contribution in [0.25, 0.3) is 0 Å². The summed E-state index contributed by atoms with van der Waals surface area (Å²) < 4.78 is 0. The third kappa shape index (κ3) is 3.45. The van der Waals surface area contributed by atoms with E-state index in [1.807, 2.05) is 18.7 Å². The van der Waals surface area contributed by atoms with Crippen molar-refractivity contribution >= 4 is 11.8 Å². The second-order valence-corrected chi connectivity index (χ2v) is 7.26. The number of aromatic amines is 1. The standard InChI is InChI=1S/C18H26N4O3/c1-11(2)18(25)22-8-5-4-6-15(22)16-19-14-7-9-21(12(3)23)10-13(14)17(24)20-16/h11,15H,4-10H2,1-3H3,(H,19,20,24). The third-order valence-electron chi connectivity index (χ3n) is 5.13. The molecule has 0 bridgehead atoms. The molecule has 25 heavy (non-hydrogen) atoms. The topological polar surface area (TPSA) is 86.4 Å². The van der Waals surface area contributed by atoms with E-state index in [1.54, 1.807) is 4.90 Å². The fourth-order valence-electron chi connectivity index (χ4n) is 3.68. The van der Waals surface area contributed by atoms with Crippen LogP contribution < -0.4 is 5.56 Å². The Hall–Kier alpha value is -2.18. The maximum atomic E-state index is 12.6. The van der Waals surface area contributed by atoms with Crippen LogP contribution in [-0.2, 0) is 22.6 Å². The van der Waals surface area contributed by atoms with Gasteiger partial charge < -0.3 is 14.8 Å². The van der Waals surface area contributed by atoms with Crippen LogP contribution in [0.4, 0.5) is 0 Å². The summed E-state index contributed by atoms with van der Waals surface area (Å²) in [5.74, 6) is 0.589. The van der Waals surface area contributed by atoms with Crippen LogP contribution in [0.5, 0.6) is 0 Å². The lowest BCUT2D eigenvalue weighted by atomic mass is 9.98. The molecule has 0 saturated carbocycles. The van der Waals surface area contributed by atoms with Crippen LogP contribution in [0.1, 0.15) is 63.2 Å². The second-order valence-electron chi connectivity index (χ2n) is 7.26. The molecule has 0 aromatic carbocycles. The van der Waals surface area contributed by atoms with Crippen molar-refractivity contribution in [3.63, 3.8) is 0 Å². The van der Waals surface area contributed by atoms with Gasteiger partial charge in [0, 0.05) is 32.4 Å². The Morgan fingerprint density at radius 1 is 1.24 bits per heavy atom. The second kappa shape index (κ2) is 6.98. The van der Waals surface area contributed by atoms with Crippen molar-refractivity contribution in [3.8, 4) is 0 Å². The van der Waals surface area contributed by atoms with Gasteiger partial charge in [-0.15, -0.1) is 0 Å². The van der Waals surface area contributed by atoms with Crippen molar-refractivity contribution in [2.75, 3.05) is 13.1 Å². The molecule has 1 fully saturated rings. The zero-order valence-corrected chi connectivity index (χ0v) is 15.2. The minimum absolute atomic E-state index is 0.0323. The summed E-state index contributed by atoms with van der Waals surface area (Å²) in [6, 6.07) is -0.160. The molecule has 0 aliphatic carbocycles. The Labute approximate surface area is 147 Å². The molecule has 1 aromatic rings. The van der Waals surface area contributed by atoms with Gasteiger partial charge in [-0.25, -0.2) is 4.98 Å². The van der Waals surface area contributed by atoms with E-state index in [9.17, 15) is 14.4 Å². The summed E-state index contributed by atoms with van der Waals surface area (Å²) in [5, 5.41) is 0. The van der Waals surface area contributed by atoms with E-state index in [4.69, 9.17) is 4.98 Å². The maximum Gasteiger partial charge on any atom is 0.256 e. The predicted octanol–water partition coefficient (Wildman–Crippen LogP) is 1.38. The summed E-state index contributed by atoms with van der Waals surface area (Å²) in [5.41, 5.74) is 1.15. The monoisotopic (exact) mass is 346 g/mol. The number of H-pyrrole nitrogens is 1. The van der Waals surface area contributed by atoms with E-state index >= 15 is 0 Å². The van der Waals surface area contributed by atoms with E-state index < -0.39 is 0 Å². The predicted molar refractivity (Wildman–Crippen MR) is 92.8 cm³/mol. The molecule has 0 spiro atoms. The Morgan fingerprint density at radius 2 is 2.00 bits per heavy atom. The molecule has 2 aliphatic rings. The number of piperidine rings is 1. The number of hydrogen-bond acceptors (Lipinski definition) is 4. The maximum absolute atomic E-state index is 12.6. The number of likely N-dealkylation sites (tertiary alicyclic amines) is 1. The van der Waals surface area contributed by atoms with Crippen LogP contribution in [0.3, 0.4) is 0 Å². The van der Waals surface area contributed by atoms with Gasteiger partial charge in [0.15, 0.2) is 0 Å². The zero-order valence-electron chi connectivity index (χ0n) is 15.2. The first-order chi connectivity index (χ1) is 11.9. The van der Waals surface area contributed by atoms with Gasteiger partial charge in [0.1, 0.15) is 5.82 Å². The highest BCUT2D eigenvalue weighted by molar-refractivity contribution is 5.78. The molecule has 7 nitrogen and oxygen atoms in total. The van der Waals surface area contributed by atoms with Crippen LogP contribution >= 0.6 is 0 Å². The van der Waals surface area contributed by atoms with E-state index in [1.165, 1.54) is 6.92 Å². The van der Waals surface area contributed by atoms with Gasteiger partial charge in [-0.2, -0.15) is 0 Å². The smallest absolute Gasteiger partial charge is 0.256 e. The minimum Gasteiger partial charge on any atom is -0.338 e. The van der Waals surface area contributed by atoms with Gasteiger partial charge in [0.2, 0.25) is 11.8 Å². The number of aromatic nitrogens is 2. The highest BCUT2D eigenvalue weighted by Crippen LogP contribution is 2.30. The Morgan fingerprint density at radius 3 is 2.68 bits per heavy atom. The van der Waals surface area contributed by atoms with E-state index in [2.05, 4.69) is 4.98 Å². The number of rotatable bonds is 2. The fourth-order valence-corrected chi connectivity index (χ4v) is 3.68. The molecule has 3 rings (SSSR count). The lowest BCUT2D eigenvalue weighted by Gasteiger charge is -2.36. The number of nitrogens with zero attached hydrogens (tertiary/aromatic N) is 3. The van der Waals surface area contributed by atoms with Crippen LogP contribution in [-0.4, -0.2) is 44.7 Å². The average molecular weight is 346 g/mol. The summed E-state index contributed by atoms with van der Waals surface area (Å²) in [7, 11) is 0. The number of amides is 2. The highest BCUT2D eigenvalue weighted by Gasteiger charge is 2.32. The molecule has 136 valence electrons. The lowest BCUT2D eigenvalue weighted by Crippen LogP contribution is -2.43. The highest BCUT2D eigenvalue weighted by atomic mass is 16.2. The fraction of sp³-hybridized carbons (Fsp3) is 0.667. The van der Waals surface area contributed by atoms with Gasteiger partial charge in [0.25, 0.3) is 5.56 Å². The van der Waals surface area contributed by atoms with E-state index in [-0.39, 0.29) is 29.3 Å². The molecular formula is C18H26N4O3. The summed E-state index contributed by atoms with van der Waals surface area (Å²) in [4.78, 5) is 47.8. The van der Waals surface area contributed by atoms with Crippen molar-refractivity contribution < 1.29 is 9.59 Å². The molecule has 1 unspecified atom stereocenters. The Kier molecular flexibility index (Phi) is 4.92. The molecule has 1 N–H and O–H groups in total. The Bertz CT molecular complexity index is 740. The number of hydrogen-bond donors (Lipinski definition) is 1. The van der Waals surface area contributed by atoms with Gasteiger partial charge in [0.05, 0.1) is 23.8 Å². The third-order valence-corrected chi connectivity index (χ3v) is 5.13. The summed E-state index contributed by atoms with van der Waals surface area (Å²) in [6.07, 6.45) is 3.40. The molecule has 1 aromatic heterocycles. The minimum atomic E-state index is -0.187. The first-order valence-electron chi connectivity index (χ1n) is 9.06. The first-order valence-corrected chi connectivity index (χ1v) is 9.06. The van der Waals surface area contributed by atoms with Crippen LogP contribution in [0.15, 0.2) is 4.79 Å². The molecule has 3 heterocycles. The van der Waals surface area contributed by atoms with Crippen LogP contribution in [0, 0.1) is 5.92 Å². The number of fused-ring (bicyclic) bond motifs is 1. The van der Waals surface area contributed by atoms with E-state index in [0.29, 0.717) is 37.4 Å². The molecular weight excluding hydrogens is 320 g/mol. The molecule has 0 radical (unpaired) electrons. The first kappa shape index (κ1) is 17.6. The van der Waals surface area contributed by atoms with Crippen molar-refractivity contribution in [1.82, 2.24) is 19.8 Å². The van der Waals surface area contributed by atoms with Gasteiger partial charge in [-0.05, 0) is 19.3 Å². The van der Waals surface area contributed by atoms with Gasteiger partial charge in [-0.1, -0.05) is 13.8 Å². The van der Waals surface area contributed by atoms with E-state index in [0.717, 1.165) is 25.0 Å². The van der Waals surface area contributed by atoms with Crippen molar-refractivity contribution in [1.29, 1.82) is 0 Å². The van der Waals surface area contributed by atoms with Crippen molar-refractivity contribution in [3.05, 3.63) is 27.4 Å². The Balaban J connectivity index is 1.93. The van der Waals surface area contributed by atoms with Crippen molar-refractivity contribution in [2.45, 2.75) is 59.0 Å². The molecule has 2 aliphatic heterocycles. The average Bonchev–Trinajstić information content (AvgIpc) is 2.60. The van der Waals surface area contributed by atoms with Gasteiger partial charge >= 0.3 is 0 Å². The molecule has 7 heteroatoms. The number of carbonyl (C=O) groups is 2. The zero-order chi connectivity index (χ0) is 18.1. The molecule has 2 amide bonds. The van der Waals surface area contributed by atoms with Crippen molar-refractivity contribution in [2.24, 2.45) is 5.92 Å². The quantitative estimate of drug-likeness (QED) is 0.877. The SMILES string of the molecule is CC(=O)N1CCc2nc(C3CCCCN3C(=O)C(C)C)[nH]c(=O)c2C1. The van der Waals surface area contributed by atoms with Crippen LogP contribution in [0.2, 0.25) is 0 Å². The van der Waals surface area contributed by atoms with Gasteiger partial charge in [-0.3, -0.25) is 14.4 Å². The summed E-state index contributed by atoms with van der Waals surface area (Å²) >= 11 is 0. The lowest BCUT2D eigenvalue weighted by molar-refractivity contribution is -0.138. The molecule has 1 atom stereocenters. The number of nitrogens with one attached hydrogen (secondary N) is 1. The molecule has 1 saturated heterocycles. The normalized spacial score (nSPS) is 20.6. The summed E-state index contributed by atoms with van der Waals surface area (Å²) in [6.45, 7) is 6.91. The number of carbonyl (C=O) groups excluding carboxylic acids is 2.